The summed E-state index contributed by atoms with van der Waals surface area (Å²) < 4.78 is 37.9. The molecule has 4 rings (SSSR count). The van der Waals surface area contributed by atoms with Crippen molar-refractivity contribution >= 4 is 39.2 Å². The van der Waals surface area contributed by atoms with Crippen LogP contribution in [0.4, 0.5) is 5.69 Å². The molecule has 2 aromatic carbocycles. The number of anilines is 1. The Hall–Kier alpha value is -2.46. The molecule has 2 aromatic rings. The molecule has 1 amide bonds. The normalized spacial score (nSPS) is 21.8. The summed E-state index contributed by atoms with van der Waals surface area (Å²) in [5.74, 6) is -1.14. The number of carbonyl (C=O) groups excluding carboxylic acids is 2. The van der Waals surface area contributed by atoms with Gasteiger partial charge in [-0.3, -0.25) is 4.79 Å². The largest absolute Gasteiger partial charge is 0.445 e. The van der Waals surface area contributed by atoms with E-state index in [9.17, 15) is 18.0 Å². The molecule has 0 bridgehead atoms. The van der Waals surface area contributed by atoms with Crippen molar-refractivity contribution in [2.45, 2.75) is 23.8 Å². The van der Waals surface area contributed by atoms with Crippen molar-refractivity contribution in [3.63, 3.8) is 0 Å². The van der Waals surface area contributed by atoms with Crippen molar-refractivity contribution in [2.75, 3.05) is 31.6 Å². The van der Waals surface area contributed by atoms with Gasteiger partial charge in [-0.15, -0.1) is 0 Å². The maximum Gasteiger partial charge on any atom is 0.339 e. The van der Waals surface area contributed by atoms with Gasteiger partial charge < -0.3 is 14.8 Å². The lowest BCUT2D eigenvalue weighted by Gasteiger charge is -2.33. The van der Waals surface area contributed by atoms with Gasteiger partial charge in [0.25, 0.3) is 5.91 Å². The number of esters is 1. The fourth-order valence-corrected chi connectivity index (χ4v) is 5.54. The van der Waals surface area contributed by atoms with Gasteiger partial charge in [0.2, 0.25) is 10.0 Å². The van der Waals surface area contributed by atoms with Gasteiger partial charge in [-0.05, 0) is 36.8 Å². The molecule has 2 aliphatic heterocycles. The molecule has 2 heterocycles. The number of halogens is 1. The van der Waals surface area contributed by atoms with Gasteiger partial charge in [0.05, 0.1) is 23.8 Å². The second-order valence-electron chi connectivity index (χ2n) is 7.57. The van der Waals surface area contributed by atoms with Crippen LogP contribution in [0.1, 0.15) is 22.8 Å². The molecule has 164 valence electrons. The number of cyclic esters (lactones) is 1. The molecule has 1 atom stereocenters. The van der Waals surface area contributed by atoms with Gasteiger partial charge in [-0.25, -0.2) is 13.2 Å². The smallest absolute Gasteiger partial charge is 0.339 e. The van der Waals surface area contributed by atoms with Crippen LogP contribution in [0.3, 0.4) is 0 Å². The zero-order chi connectivity index (χ0) is 22.2. The van der Waals surface area contributed by atoms with Gasteiger partial charge in [0, 0.05) is 25.2 Å². The second-order valence-corrected chi connectivity index (χ2v) is 9.88. The van der Waals surface area contributed by atoms with E-state index < -0.39 is 27.5 Å². The van der Waals surface area contributed by atoms with Crippen LogP contribution in [0.5, 0.6) is 0 Å². The van der Waals surface area contributed by atoms with E-state index in [0.29, 0.717) is 24.3 Å². The molecule has 0 saturated carbocycles. The van der Waals surface area contributed by atoms with E-state index in [2.05, 4.69) is 5.32 Å². The average molecular weight is 465 g/mol. The summed E-state index contributed by atoms with van der Waals surface area (Å²) in [5.41, 5.74) is -0.0625. The Bertz CT molecular complexity index is 1150. The number of benzene rings is 2. The van der Waals surface area contributed by atoms with E-state index in [1.807, 2.05) is 0 Å². The minimum Gasteiger partial charge on any atom is -0.445 e. The molecule has 0 unspecified atom stereocenters. The maximum absolute atomic E-state index is 13.0. The van der Waals surface area contributed by atoms with Gasteiger partial charge in [-0.1, -0.05) is 29.8 Å². The molecular formula is C21H21ClN2O6S. The number of fused-ring (bicyclic) bond motifs is 1. The Morgan fingerprint density at radius 3 is 2.61 bits per heavy atom. The quantitative estimate of drug-likeness (QED) is 0.697. The number of morpholine rings is 1. The molecule has 0 radical (unpaired) electrons. The first-order valence-electron chi connectivity index (χ1n) is 9.71. The number of hydrogen-bond acceptors (Lipinski definition) is 6. The number of carbonyl (C=O) groups is 2. The summed E-state index contributed by atoms with van der Waals surface area (Å²) in [6.07, 6.45) is 0.202. The number of ether oxygens (including phenoxy) is 2. The van der Waals surface area contributed by atoms with E-state index in [0.717, 1.165) is 0 Å². The van der Waals surface area contributed by atoms with Crippen LogP contribution in [-0.2, 0) is 30.7 Å². The summed E-state index contributed by atoms with van der Waals surface area (Å²) in [6.45, 7) is 2.58. The van der Waals surface area contributed by atoms with Crippen molar-refractivity contribution in [3.8, 4) is 0 Å². The molecule has 0 spiro atoms. The zero-order valence-corrected chi connectivity index (χ0v) is 18.3. The topological polar surface area (TPSA) is 102 Å². The molecule has 2 aliphatic rings. The second kappa shape index (κ2) is 8.23. The molecular weight excluding hydrogens is 444 g/mol. The van der Waals surface area contributed by atoms with Gasteiger partial charge in [0.15, 0.2) is 5.60 Å². The third-order valence-electron chi connectivity index (χ3n) is 5.34. The first kappa shape index (κ1) is 21.8. The number of amides is 1. The summed E-state index contributed by atoms with van der Waals surface area (Å²) in [4.78, 5) is 25.2. The first-order chi connectivity index (χ1) is 14.7. The summed E-state index contributed by atoms with van der Waals surface area (Å²) in [7, 11) is -3.86. The van der Waals surface area contributed by atoms with Crippen LogP contribution in [0, 0.1) is 0 Å². The molecule has 1 N–H and O–H groups in total. The molecule has 8 nitrogen and oxygen atoms in total. The van der Waals surface area contributed by atoms with Crippen LogP contribution in [0.2, 0.25) is 5.02 Å². The van der Waals surface area contributed by atoms with Gasteiger partial charge in [0.1, 0.15) is 4.90 Å². The zero-order valence-electron chi connectivity index (χ0n) is 16.8. The van der Waals surface area contributed by atoms with Crippen molar-refractivity contribution in [1.29, 1.82) is 0 Å². The van der Waals surface area contributed by atoms with Gasteiger partial charge >= 0.3 is 5.97 Å². The van der Waals surface area contributed by atoms with E-state index in [1.54, 1.807) is 24.3 Å². The molecule has 1 saturated heterocycles. The van der Waals surface area contributed by atoms with E-state index in [4.69, 9.17) is 21.1 Å². The predicted octanol–water partition coefficient (Wildman–Crippen LogP) is 2.47. The van der Waals surface area contributed by atoms with Crippen molar-refractivity contribution in [2.24, 2.45) is 0 Å². The molecule has 0 aliphatic carbocycles. The number of nitrogens with one attached hydrogen (secondary N) is 1. The summed E-state index contributed by atoms with van der Waals surface area (Å²) >= 11 is 6.17. The minimum atomic E-state index is -3.86. The van der Waals surface area contributed by atoms with Gasteiger partial charge in [-0.2, -0.15) is 4.31 Å². The predicted molar refractivity (Wildman–Crippen MR) is 114 cm³/mol. The molecule has 10 heteroatoms. The fraction of sp³-hybridized carbons (Fsp3) is 0.333. The maximum atomic E-state index is 13.0. The van der Waals surface area contributed by atoms with Crippen LogP contribution >= 0.6 is 11.6 Å². The fourth-order valence-electron chi connectivity index (χ4n) is 3.63. The summed E-state index contributed by atoms with van der Waals surface area (Å²) in [5, 5.41) is 2.71. The highest BCUT2D eigenvalue weighted by molar-refractivity contribution is 7.89. The lowest BCUT2D eigenvalue weighted by Crippen LogP contribution is -2.48. The van der Waals surface area contributed by atoms with E-state index >= 15 is 0 Å². The van der Waals surface area contributed by atoms with Crippen molar-refractivity contribution in [3.05, 3.63) is 58.6 Å². The van der Waals surface area contributed by atoms with E-state index in [1.165, 1.54) is 29.4 Å². The standard InChI is InChI=1S/C21H21ClN2O6S/c1-21(13-14-4-2-3-5-16(14)19(25)30-21)20(26)23-15-6-7-17(22)18(12-15)31(27,28)24-8-10-29-11-9-24/h2-7,12H,8-11,13H2,1H3,(H,23,26)/t21-/m1/s1. The Labute approximate surface area is 185 Å². The van der Waals surface area contributed by atoms with Crippen LogP contribution in [0.25, 0.3) is 0 Å². The lowest BCUT2D eigenvalue weighted by molar-refractivity contribution is -0.134. The molecule has 31 heavy (non-hydrogen) atoms. The average Bonchev–Trinajstić information content (AvgIpc) is 2.75. The van der Waals surface area contributed by atoms with Crippen LogP contribution < -0.4 is 5.32 Å². The minimum absolute atomic E-state index is 0.0497. The monoisotopic (exact) mass is 464 g/mol. The number of sulfonamides is 1. The Kier molecular flexibility index (Phi) is 5.78. The SMILES string of the molecule is C[C@]1(C(=O)Nc2ccc(Cl)c(S(=O)(=O)N3CCOCC3)c2)Cc2ccccc2C(=O)O1. The van der Waals surface area contributed by atoms with Crippen molar-refractivity contribution in [1.82, 2.24) is 4.31 Å². The molecule has 0 aromatic heterocycles. The highest BCUT2D eigenvalue weighted by Gasteiger charge is 2.42. The van der Waals surface area contributed by atoms with Crippen LogP contribution in [-0.4, -0.2) is 56.5 Å². The van der Waals surface area contributed by atoms with Crippen molar-refractivity contribution < 1.29 is 27.5 Å². The highest BCUT2D eigenvalue weighted by atomic mass is 35.5. The number of hydrogen-bond donors (Lipinski definition) is 1. The Balaban J connectivity index is 1.58. The molecule has 1 fully saturated rings. The third-order valence-corrected chi connectivity index (χ3v) is 7.72. The first-order valence-corrected chi connectivity index (χ1v) is 11.5. The highest BCUT2D eigenvalue weighted by Crippen LogP contribution is 2.31. The number of rotatable bonds is 4. The Morgan fingerprint density at radius 2 is 1.87 bits per heavy atom. The number of nitrogens with zero attached hydrogens (tertiary/aromatic N) is 1. The van der Waals surface area contributed by atoms with E-state index in [-0.39, 0.29) is 35.1 Å². The lowest BCUT2D eigenvalue weighted by atomic mass is 9.89. The summed E-state index contributed by atoms with van der Waals surface area (Å²) in [6, 6.07) is 11.2. The van der Waals surface area contributed by atoms with Crippen LogP contribution in [0.15, 0.2) is 47.4 Å². The Morgan fingerprint density at radius 1 is 1.16 bits per heavy atom. The third kappa shape index (κ3) is 4.18.